The molecule has 1 atom stereocenters. The number of aliphatic hydroxyl groups is 2. The fraction of sp³-hybridized carbons (Fsp3) is 0.200. The monoisotopic (exact) mass is 421 g/mol. The van der Waals surface area contributed by atoms with Gasteiger partial charge in [0.1, 0.15) is 11.5 Å². The summed E-state index contributed by atoms with van der Waals surface area (Å²) in [6, 6.07) is 10.3. The second-order valence-corrected chi connectivity index (χ2v) is 6.96. The first-order chi connectivity index (χ1) is 13.4. The Kier molecular flexibility index (Phi) is 5.93. The van der Waals surface area contributed by atoms with Crippen LogP contribution in [0, 0.1) is 0 Å². The molecule has 3 rings (SSSR count). The Morgan fingerprint density at radius 3 is 2.39 bits per heavy atom. The second kappa shape index (κ2) is 8.22. The SMILES string of the molecule is COc1ccc(C2/C(=C(/O)c3ccc(Cl)cc3Cl)C(=O)C(=O)N2CCO)cc1. The fourth-order valence-corrected chi connectivity index (χ4v) is 3.68. The number of hydrogen-bond donors (Lipinski definition) is 2. The van der Waals surface area contributed by atoms with Gasteiger partial charge in [-0.15, -0.1) is 0 Å². The highest BCUT2D eigenvalue weighted by Gasteiger charge is 2.45. The molecule has 6 nitrogen and oxygen atoms in total. The molecule has 0 saturated carbocycles. The Labute approximate surface area is 171 Å². The van der Waals surface area contributed by atoms with Crippen LogP contribution in [0.2, 0.25) is 10.0 Å². The minimum absolute atomic E-state index is 0.0631. The molecule has 1 amide bonds. The molecule has 0 spiro atoms. The molecule has 1 heterocycles. The number of rotatable bonds is 5. The highest BCUT2D eigenvalue weighted by molar-refractivity contribution is 6.47. The molecule has 1 unspecified atom stereocenters. The van der Waals surface area contributed by atoms with Crippen molar-refractivity contribution >= 4 is 40.7 Å². The second-order valence-electron chi connectivity index (χ2n) is 6.11. The average molecular weight is 422 g/mol. The molecule has 1 aliphatic heterocycles. The molecule has 0 bridgehead atoms. The summed E-state index contributed by atoms with van der Waals surface area (Å²) in [5, 5.41) is 20.7. The molecular formula is C20H17Cl2NO5. The van der Waals surface area contributed by atoms with Crippen LogP contribution in [-0.4, -0.2) is 47.1 Å². The number of methoxy groups -OCH3 is 1. The minimum Gasteiger partial charge on any atom is -0.507 e. The van der Waals surface area contributed by atoms with Crippen LogP contribution in [0.4, 0.5) is 0 Å². The maximum atomic E-state index is 12.7. The summed E-state index contributed by atoms with van der Waals surface area (Å²) in [6.45, 7) is -0.395. The molecule has 1 saturated heterocycles. The molecule has 2 aromatic rings. The number of hydrogen-bond acceptors (Lipinski definition) is 5. The van der Waals surface area contributed by atoms with Crippen LogP contribution in [0.3, 0.4) is 0 Å². The summed E-state index contributed by atoms with van der Waals surface area (Å²) in [5.74, 6) is -1.45. The first kappa shape index (κ1) is 20.2. The van der Waals surface area contributed by atoms with E-state index < -0.39 is 23.5 Å². The zero-order valence-electron chi connectivity index (χ0n) is 14.9. The maximum Gasteiger partial charge on any atom is 0.295 e. The molecule has 28 heavy (non-hydrogen) atoms. The molecule has 0 radical (unpaired) electrons. The van der Waals surface area contributed by atoms with Crippen LogP contribution < -0.4 is 4.74 Å². The Bertz CT molecular complexity index is 956. The normalized spacial score (nSPS) is 18.6. The van der Waals surface area contributed by atoms with Crippen LogP contribution in [0.5, 0.6) is 5.75 Å². The number of carbonyl (C=O) groups excluding carboxylic acids is 2. The number of halogens is 2. The molecule has 0 aromatic heterocycles. The van der Waals surface area contributed by atoms with Crippen LogP contribution >= 0.6 is 23.2 Å². The van der Waals surface area contributed by atoms with Crippen molar-refractivity contribution < 1.29 is 24.5 Å². The van der Waals surface area contributed by atoms with Crippen LogP contribution in [0.25, 0.3) is 5.76 Å². The smallest absolute Gasteiger partial charge is 0.295 e. The molecule has 2 aromatic carbocycles. The van der Waals surface area contributed by atoms with E-state index >= 15 is 0 Å². The molecule has 1 aliphatic rings. The number of ketones is 1. The number of Topliss-reactive ketones (excluding diaryl/α,β-unsaturated/α-hetero) is 1. The summed E-state index contributed by atoms with van der Waals surface area (Å²) < 4.78 is 5.14. The number of aliphatic hydroxyl groups excluding tert-OH is 2. The standard InChI is InChI=1S/C20H17Cl2NO5/c1-28-13-5-2-11(3-6-13)17-16(19(26)20(27)23(17)8-9-24)18(25)14-7-4-12(21)10-15(14)22/h2-7,10,17,24-25H,8-9H2,1H3/b18-16-. The lowest BCUT2D eigenvalue weighted by Crippen LogP contribution is -2.32. The van der Waals surface area contributed by atoms with Gasteiger partial charge in [0.25, 0.3) is 11.7 Å². The Morgan fingerprint density at radius 2 is 1.82 bits per heavy atom. The fourth-order valence-electron chi connectivity index (χ4n) is 3.18. The predicted octanol–water partition coefficient (Wildman–Crippen LogP) is 3.42. The van der Waals surface area contributed by atoms with Gasteiger partial charge in [0.15, 0.2) is 0 Å². The number of amides is 1. The van der Waals surface area contributed by atoms with Gasteiger partial charge >= 0.3 is 0 Å². The Morgan fingerprint density at radius 1 is 1.14 bits per heavy atom. The Hall–Kier alpha value is -2.54. The zero-order valence-corrected chi connectivity index (χ0v) is 16.4. The van der Waals surface area contributed by atoms with Crippen LogP contribution in [0.15, 0.2) is 48.0 Å². The molecule has 0 aliphatic carbocycles. The van der Waals surface area contributed by atoms with E-state index in [1.807, 2.05) is 0 Å². The molecule has 1 fully saturated rings. The van der Waals surface area contributed by atoms with Crippen molar-refractivity contribution in [3.8, 4) is 5.75 Å². The maximum absolute atomic E-state index is 12.7. The summed E-state index contributed by atoms with van der Waals surface area (Å²) >= 11 is 12.1. The van der Waals surface area contributed by atoms with Gasteiger partial charge in [-0.25, -0.2) is 0 Å². The summed E-state index contributed by atoms with van der Waals surface area (Å²) in [4.78, 5) is 26.5. The molecular weight excluding hydrogens is 405 g/mol. The van der Waals surface area contributed by atoms with Crippen molar-refractivity contribution in [1.29, 1.82) is 0 Å². The van der Waals surface area contributed by atoms with Gasteiger partial charge in [-0.1, -0.05) is 35.3 Å². The zero-order chi connectivity index (χ0) is 20.4. The average Bonchev–Trinajstić information content (AvgIpc) is 2.93. The van der Waals surface area contributed by atoms with E-state index in [0.29, 0.717) is 16.3 Å². The van der Waals surface area contributed by atoms with E-state index in [-0.39, 0.29) is 29.3 Å². The summed E-state index contributed by atoms with van der Waals surface area (Å²) in [7, 11) is 1.52. The number of carbonyl (C=O) groups is 2. The third kappa shape index (κ3) is 3.58. The summed E-state index contributed by atoms with van der Waals surface area (Å²) in [5.41, 5.74) is 0.666. The third-order valence-corrected chi connectivity index (χ3v) is 5.05. The lowest BCUT2D eigenvalue weighted by atomic mass is 9.95. The van der Waals surface area contributed by atoms with E-state index in [4.69, 9.17) is 27.9 Å². The van der Waals surface area contributed by atoms with Crippen LogP contribution in [0.1, 0.15) is 17.2 Å². The highest BCUT2D eigenvalue weighted by atomic mass is 35.5. The topological polar surface area (TPSA) is 87.1 Å². The van der Waals surface area contributed by atoms with Gasteiger partial charge in [-0.3, -0.25) is 9.59 Å². The minimum atomic E-state index is -0.871. The van der Waals surface area contributed by atoms with Gasteiger partial charge in [-0.2, -0.15) is 0 Å². The number of likely N-dealkylation sites (tertiary alicyclic amines) is 1. The van der Waals surface area contributed by atoms with E-state index in [2.05, 4.69) is 0 Å². The van der Waals surface area contributed by atoms with Crippen molar-refractivity contribution in [2.45, 2.75) is 6.04 Å². The van der Waals surface area contributed by atoms with Gasteiger partial charge in [0.05, 0.1) is 30.4 Å². The lowest BCUT2D eigenvalue weighted by molar-refractivity contribution is -0.140. The van der Waals surface area contributed by atoms with Gasteiger partial charge in [0.2, 0.25) is 0 Å². The third-order valence-electron chi connectivity index (χ3n) is 4.50. The van der Waals surface area contributed by atoms with E-state index in [1.165, 1.54) is 30.2 Å². The number of β-amino-alcohol motifs (C(OH)–C–C–N with tert-alkyl or cyclic N) is 1. The number of ether oxygens (including phenoxy) is 1. The quantitative estimate of drug-likeness (QED) is 0.438. The van der Waals surface area contributed by atoms with Crippen molar-refractivity contribution in [3.63, 3.8) is 0 Å². The largest absolute Gasteiger partial charge is 0.507 e. The van der Waals surface area contributed by atoms with Gasteiger partial charge in [-0.05, 0) is 35.9 Å². The van der Waals surface area contributed by atoms with E-state index in [0.717, 1.165) is 0 Å². The molecule has 8 heteroatoms. The van der Waals surface area contributed by atoms with E-state index in [1.54, 1.807) is 24.3 Å². The van der Waals surface area contributed by atoms with Crippen molar-refractivity contribution in [3.05, 3.63) is 69.2 Å². The van der Waals surface area contributed by atoms with Crippen molar-refractivity contribution in [1.82, 2.24) is 4.90 Å². The Balaban J connectivity index is 2.19. The van der Waals surface area contributed by atoms with Gasteiger partial charge < -0.3 is 19.8 Å². The van der Waals surface area contributed by atoms with Crippen LogP contribution in [-0.2, 0) is 9.59 Å². The highest BCUT2D eigenvalue weighted by Crippen LogP contribution is 2.40. The van der Waals surface area contributed by atoms with Crippen molar-refractivity contribution in [2.75, 3.05) is 20.3 Å². The first-order valence-electron chi connectivity index (χ1n) is 8.37. The lowest BCUT2D eigenvalue weighted by Gasteiger charge is -2.24. The molecule has 146 valence electrons. The first-order valence-corrected chi connectivity index (χ1v) is 9.13. The van der Waals surface area contributed by atoms with Gasteiger partial charge in [0, 0.05) is 17.1 Å². The van der Waals surface area contributed by atoms with E-state index in [9.17, 15) is 19.8 Å². The van der Waals surface area contributed by atoms with Crippen molar-refractivity contribution in [2.24, 2.45) is 0 Å². The predicted molar refractivity (Wildman–Crippen MR) is 106 cm³/mol. The number of benzene rings is 2. The number of nitrogens with zero attached hydrogens (tertiary/aromatic N) is 1. The molecule has 2 N–H and O–H groups in total. The summed E-state index contributed by atoms with van der Waals surface area (Å²) in [6.07, 6.45) is 0.